The molecule has 2 N–H and O–H groups in total. The number of nitrogens with zero attached hydrogens (tertiary/aromatic N) is 2. The van der Waals surface area contributed by atoms with Crippen molar-refractivity contribution in [1.29, 1.82) is 0 Å². The van der Waals surface area contributed by atoms with Crippen LogP contribution in [-0.2, 0) is 9.59 Å². The number of hydrogen-bond acceptors (Lipinski definition) is 5. The third-order valence-corrected chi connectivity index (χ3v) is 4.56. The first kappa shape index (κ1) is 17.7. The first-order chi connectivity index (χ1) is 12.4. The van der Waals surface area contributed by atoms with Crippen LogP contribution in [0.1, 0.15) is 23.1 Å². The number of ether oxygens (including phenoxy) is 1. The normalized spacial score (nSPS) is 16.3. The molecule has 0 spiro atoms. The van der Waals surface area contributed by atoms with Crippen LogP contribution in [0.15, 0.2) is 47.6 Å². The lowest BCUT2D eigenvalue weighted by molar-refractivity contribution is -0.127. The summed E-state index contributed by atoms with van der Waals surface area (Å²) < 4.78 is 5.60. The second-order valence-corrected chi connectivity index (χ2v) is 6.39. The zero-order chi connectivity index (χ0) is 18.8. The molecule has 1 atom stereocenters. The van der Waals surface area contributed by atoms with E-state index in [1.54, 1.807) is 0 Å². The van der Waals surface area contributed by atoms with Gasteiger partial charge in [-0.3, -0.25) is 9.80 Å². The number of carbonyl (C=O) groups excluding carboxylic acids is 2. The van der Waals surface area contributed by atoms with Crippen LogP contribution < -0.4 is 15.5 Å². The number of aryl methyl sites for hydroxylation is 2. The summed E-state index contributed by atoms with van der Waals surface area (Å²) in [6, 6.07) is 12.3. The predicted octanol–water partition coefficient (Wildman–Crippen LogP) is 2.64. The highest BCUT2D eigenvalue weighted by Crippen LogP contribution is 2.28. The van der Waals surface area contributed by atoms with Gasteiger partial charge in [-0.25, -0.2) is 4.79 Å². The SMILES string of the molecule is Cc1ccc(C)c(OC(=O)C2=NN(c3ccccc3)[C@@H](C(N)=O)C2)c1C. The maximum Gasteiger partial charge on any atom is 0.360 e. The van der Waals surface area contributed by atoms with E-state index in [4.69, 9.17) is 10.5 Å². The van der Waals surface area contributed by atoms with E-state index in [2.05, 4.69) is 5.10 Å². The van der Waals surface area contributed by atoms with Crippen LogP contribution in [0, 0.1) is 20.8 Å². The van der Waals surface area contributed by atoms with Gasteiger partial charge in [0.1, 0.15) is 17.5 Å². The summed E-state index contributed by atoms with van der Waals surface area (Å²) in [7, 11) is 0. The summed E-state index contributed by atoms with van der Waals surface area (Å²) in [5.41, 5.74) is 9.19. The summed E-state index contributed by atoms with van der Waals surface area (Å²) >= 11 is 0. The highest BCUT2D eigenvalue weighted by atomic mass is 16.5. The number of nitrogens with two attached hydrogens (primary N) is 1. The van der Waals surface area contributed by atoms with Gasteiger partial charge in [0.15, 0.2) is 0 Å². The number of esters is 1. The maximum absolute atomic E-state index is 12.6. The van der Waals surface area contributed by atoms with Crippen LogP contribution in [0.25, 0.3) is 0 Å². The molecular weight excluding hydrogens is 330 g/mol. The van der Waals surface area contributed by atoms with E-state index >= 15 is 0 Å². The van der Waals surface area contributed by atoms with Crippen molar-refractivity contribution in [3.63, 3.8) is 0 Å². The molecule has 0 saturated heterocycles. The molecule has 0 aromatic heterocycles. The quantitative estimate of drug-likeness (QED) is 0.678. The highest BCUT2D eigenvalue weighted by molar-refractivity contribution is 6.38. The molecule has 26 heavy (non-hydrogen) atoms. The fraction of sp³-hybridized carbons (Fsp3) is 0.250. The van der Waals surface area contributed by atoms with Crippen LogP contribution in [-0.4, -0.2) is 23.6 Å². The van der Waals surface area contributed by atoms with Gasteiger partial charge in [-0.05, 0) is 49.6 Å². The van der Waals surface area contributed by atoms with Crippen molar-refractivity contribution in [3.05, 3.63) is 59.2 Å². The molecular formula is C20H21N3O3. The molecule has 1 aliphatic rings. The topological polar surface area (TPSA) is 85.0 Å². The minimum Gasteiger partial charge on any atom is -0.421 e. The molecule has 0 saturated carbocycles. The second-order valence-electron chi connectivity index (χ2n) is 6.39. The number of benzene rings is 2. The van der Waals surface area contributed by atoms with E-state index in [0.717, 1.165) is 16.7 Å². The van der Waals surface area contributed by atoms with Crippen molar-refractivity contribution in [3.8, 4) is 5.75 Å². The first-order valence-corrected chi connectivity index (χ1v) is 8.38. The van der Waals surface area contributed by atoms with E-state index in [-0.39, 0.29) is 12.1 Å². The summed E-state index contributed by atoms with van der Waals surface area (Å²) in [6.07, 6.45) is 0.118. The lowest BCUT2D eigenvalue weighted by atomic mass is 10.1. The minimum absolute atomic E-state index is 0.118. The average molecular weight is 351 g/mol. The number of hydrogen-bond donors (Lipinski definition) is 1. The Balaban J connectivity index is 1.88. The van der Waals surface area contributed by atoms with Crippen molar-refractivity contribution < 1.29 is 14.3 Å². The second kappa shape index (κ2) is 7.00. The Morgan fingerprint density at radius 3 is 2.38 bits per heavy atom. The van der Waals surface area contributed by atoms with Gasteiger partial charge in [0, 0.05) is 6.42 Å². The van der Waals surface area contributed by atoms with Gasteiger partial charge in [0.25, 0.3) is 0 Å². The van der Waals surface area contributed by atoms with Crippen LogP contribution >= 0.6 is 0 Å². The lowest BCUT2D eigenvalue weighted by Crippen LogP contribution is -2.39. The Bertz CT molecular complexity index is 891. The maximum atomic E-state index is 12.6. The molecule has 0 unspecified atom stereocenters. The van der Waals surface area contributed by atoms with E-state index in [0.29, 0.717) is 11.4 Å². The number of carbonyl (C=O) groups is 2. The van der Waals surface area contributed by atoms with E-state index in [9.17, 15) is 9.59 Å². The third-order valence-electron chi connectivity index (χ3n) is 4.56. The fourth-order valence-electron chi connectivity index (χ4n) is 2.91. The molecule has 1 amide bonds. The van der Waals surface area contributed by atoms with Crippen LogP contribution in [0.4, 0.5) is 5.69 Å². The first-order valence-electron chi connectivity index (χ1n) is 8.38. The molecule has 0 radical (unpaired) electrons. The van der Waals surface area contributed by atoms with Gasteiger partial charge < -0.3 is 10.5 Å². The highest BCUT2D eigenvalue weighted by Gasteiger charge is 2.36. The van der Waals surface area contributed by atoms with Gasteiger partial charge in [0.05, 0.1) is 5.69 Å². The number of amides is 1. The van der Waals surface area contributed by atoms with Gasteiger partial charge in [-0.15, -0.1) is 0 Å². The number of rotatable bonds is 4. The lowest BCUT2D eigenvalue weighted by Gasteiger charge is -2.20. The molecule has 0 aliphatic carbocycles. The Hall–Kier alpha value is -3.15. The van der Waals surface area contributed by atoms with E-state index in [1.165, 1.54) is 5.01 Å². The third kappa shape index (κ3) is 3.31. The van der Waals surface area contributed by atoms with Crippen LogP contribution in [0.5, 0.6) is 5.75 Å². The number of hydrazone groups is 1. The monoisotopic (exact) mass is 351 g/mol. The number of anilines is 1. The minimum atomic E-state index is -0.709. The zero-order valence-corrected chi connectivity index (χ0v) is 15.0. The van der Waals surface area contributed by atoms with Gasteiger partial charge in [-0.1, -0.05) is 30.3 Å². The van der Waals surface area contributed by atoms with Crippen molar-refractivity contribution in [2.24, 2.45) is 10.8 Å². The largest absolute Gasteiger partial charge is 0.421 e. The molecule has 6 nitrogen and oxygen atoms in total. The molecule has 3 rings (SSSR count). The fourth-order valence-corrected chi connectivity index (χ4v) is 2.91. The number of primary amides is 1. The van der Waals surface area contributed by atoms with Crippen molar-refractivity contribution in [1.82, 2.24) is 0 Å². The van der Waals surface area contributed by atoms with E-state index in [1.807, 2.05) is 63.2 Å². The van der Waals surface area contributed by atoms with Gasteiger partial charge >= 0.3 is 5.97 Å². The Kier molecular flexibility index (Phi) is 4.75. The summed E-state index contributed by atoms with van der Waals surface area (Å²) in [5.74, 6) is -0.568. The van der Waals surface area contributed by atoms with Gasteiger partial charge in [-0.2, -0.15) is 5.10 Å². The summed E-state index contributed by atoms with van der Waals surface area (Å²) in [4.78, 5) is 24.5. The van der Waals surface area contributed by atoms with Crippen molar-refractivity contribution >= 4 is 23.3 Å². The zero-order valence-electron chi connectivity index (χ0n) is 15.0. The molecule has 2 aromatic rings. The molecule has 0 bridgehead atoms. The van der Waals surface area contributed by atoms with Crippen molar-refractivity contribution in [2.45, 2.75) is 33.2 Å². The predicted molar refractivity (Wildman–Crippen MR) is 100 cm³/mol. The smallest absolute Gasteiger partial charge is 0.360 e. The molecule has 134 valence electrons. The van der Waals surface area contributed by atoms with Crippen molar-refractivity contribution in [2.75, 3.05) is 5.01 Å². The molecule has 2 aromatic carbocycles. The Morgan fingerprint density at radius 1 is 1.08 bits per heavy atom. The standard InChI is InChI=1S/C20H21N3O3/c1-12-9-10-13(2)18(14(12)3)26-20(25)16-11-17(19(21)24)23(22-16)15-7-5-4-6-8-15/h4-10,17H,11H2,1-3H3,(H2,21,24)/t17-/m1/s1. The summed E-state index contributed by atoms with van der Waals surface area (Å²) in [5, 5.41) is 5.79. The van der Waals surface area contributed by atoms with Crippen LogP contribution in [0.2, 0.25) is 0 Å². The Morgan fingerprint density at radius 2 is 1.73 bits per heavy atom. The van der Waals surface area contributed by atoms with Crippen LogP contribution in [0.3, 0.4) is 0 Å². The van der Waals surface area contributed by atoms with Gasteiger partial charge in [0.2, 0.25) is 5.91 Å². The summed E-state index contributed by atoms with van der Waals surface area (Å²) in [6.45, 7) is 5.75. The Labute approximate surface area is 152 Å². The molecule has 1 heterocycles. The van der Waals surface area contributed by atoms with E-state index < -0.39 is 17.9 Å². The molecule has 1 aliphatic heterocycles. The number of para-hydroxylation sites is 1. The average Bonchev–Trinajstić information content (AvgIpc) is 3.08. The molecule has 6 heteroatoms. The molecule has 0 fully saturated rings.